The third-order valence-corrected chi connectivity index (χ3v) is 3.24. The predicted octanol–water partition coefficient (Wildman–Crippen LogP) is 2.48. The van der Waals surface area contributed by atoms with E-state index in [9.17, 15) is 0 Å². The van der Waals surface area contributed by atoms with E-state index in [-0.39, 0.29) is 6.04 Å². The number of para-hydroxylation sites is 1. The molecule has 18 heavy (non-hydrogen) atoms. The van der Waals surface area contributed by atoms with E-state index in [1.165, 1.54) is 11.3 Å². The lowest BCUT2D eigenvalue weighted by atomic mass is 10.0. The van der Waals surface area contributed by atoms with Crippen LogP contribution in [0.25, 0.3) is 0 Å². The van der Waals surface area contributed by atoms with Crippen molar-refractivity contribution in [1.29, 1.82) is 0 Å². The summed E-state index contributed by atoms with van der Waals surface area (Å²) in [6.45, 7) is 8.55. The van der Waals surface area contributed by atoms with E-state index in [2.05, 4.69) is 62.0 Å². The summed E-state index contributed by atoms with van der Waals surface area (Å²) in [5.74, 6) is 0. The van der Waals surface area contributed by atoms with E-state index in [1.54, 1.807) is 0 Å². The van der Waals surface area contributed by atoms with E-state index >= 15 is 0 Å². The van der Waals surface area contributed by atoms with Crippen molar-refractivity contribution < 1.29 is 0 Å². The van der Waals surface area contributed by atoms with Crippen LogP contribution in [0.15, 0.2) is 24.3 Å². The van der Waals surface area contributed by atoms with Crippen LogP contribution in [0.4, 0.5) is 5.69 Å². The Morgan fingerprint density at radius 2 is 1.78 bits per heavy atom. The van der Waals surface area contributed by atoms with Gasteiger partial charge in [0, 0.05) is 30.9 Å². The second kappa shape index (κ2) is 6.76. The first-order valence-electron chi connectivity index (χ1n) is 6.73. The van der Waals surface area contributed by atoms with Crippen LogP contribution in [0.2, 0.25) is 0 Å². The van der Waals surface area contributed by atoms with Gasteiger partial charge in [-0.15, -0.1) is 0 Å². The molecule has 1 aromatic rings. The van der Waals surface area contributed by atoms with E-state index in [1.807, 2.05) is 6.92 Å². The smallest absolute Gasteiger partial charge is 0.0417 e. The van der Waals surface area contributed by atoms with E-state index < -0.39 is 0 Å². The number of nitrogens with two attached hydrogens (primary N) is 1. The van der Waals surface area contributed by atoms with E-state index in [4.69, 9.17) is 5.73 Å². The van der Waals surface area contributed by atoms with Crippen molar-refractivity contribution >= 4 is 5.69 Å². The quantitative estimate of drug-likeness (QED) is 0.840. The van der Waals surface area contributed by atoms with Gasteiger partial charge in [-0.2, -0.15) is 0 Å². The summed E-state index contributed by atoms with van der Waals surface area (Å²) in [5, 5.41) is 0. The highest BCUT2D eigenvalue weighted by atomic mass is 15.2. The van der Waals surface area contributed by atoms with Crippen molar-refractivity contribution in [1.82, 2.24) is 4.90 Å². The zero-order chi connectivity index (χ0) is 13.7. The van der Waals surface area contributed by atoms with Crippen LogP contribution in [0.5, 0.6) is 0 Å². The van der Waals surface area contributed by atoms with Gasteiger partial charge in [0.2, 0.25) is 0 Å². The lowest BCUT2D eigenvalue weighted by molar-refractivity contribution is 0.372. The molecule has 0 bridgehead atoms. The average Bonchev–Trinajstić information content (AvgIpc) is 2.29. The first kappa shape index (κ1) is 15.0. The van der Waals surface area contributed by atoms with Gasteiger partial charge < -0.3 is 15.5 Å². The van der Waals surface area contributed by atoms with Crippen LogP contribution in [-0.4, -0.2) is 38.1 Å². The normalized spacial score (nSPS) is 14.6. The Morgan fingerprint density at radius 3 is 2.28 bits per heavy atom. The van der Waals surface area contributed by atoms with Gasteiger partial charge in [-0.3, -0.25) is 0 Å². The molecule has 0 fully saturated rings. The molecule has 0 spiro atoms. The first-order valence-corrected chi connectivity index (χ1v) is 6.73. The van der Waals surface area contributed by atoms with Gasteiger partial charge in [0.15, 0.2) is 0 Å². The Balaban J connectivity index is 3.01. The molecular formula is C15H27N3. The molecule has 0 aliphatic carbocycles. The van der Waals surface area contributed by atoms with Crippen LogP contribution in [0.3, 0.4) is 0 Å². The third-order valence-electron chi connectivity index (χ3n) is 3.24. The number of anilines is 1. The zero-order valence-corrected chi connectivity index (χ0v) is 12.4. The molecule has 1 rings (SSSR count). The highest BCUT2D eigenvalue weighted by Gasteiger charge is 2.17. The summed E-state index contributed by atoms with van der Waals surface area (Å²) >= 11 is 0. The maximum atomic E-state index is 6.07. The van der Waals surface area contributed by atoms with Gasteiger partial charge in [-0.25, -0.2) is 0 Å². The van der Waals surface area contributed by atoms with Crippen LogP contribution in [-0.2, 0) is 0 Å². The van der Waals surface area contributed by atoms with Gasteiger partial charge in [0.05, 0.1) is 0 Å². The van der Waals surface area contributed by atoms with Gasteiger partial charge in [0.1, 0.15) is 0 Å². The Kier molecular flexibility index (Phi) is 5.63. The Bertz CT molecular complexity index is 361. The van der Waals surface area contributed by atoms with Gasteiger partial charge in [-0.1, -0.05) is 18.2 Å². The molecule has 2 N–H and O–H groups in total. The molecule has 3 nitrogen and oxygen atoms in total. The maximum absolute atomic E-state index is 6.07. The van der Waals surface area contributed by atoms with Gasteiger partial charge >= 0.3 is 0 Å². The van der Waals surface area contributed by atoms with Crippen molar-refractivity contribution in [2.45, 2.75) is 32.9 Å². The molecule has 3 heteroatoms. The fraction of sp³-hybridized carbons (Fsp3) is 0.600. The standard InChI is InChI=1S/C15H27N3/c1-6-18(12(2)11-17(4)5)15-10-8-7-9-14(15)13(3)16/h7-10,12-13H,6,11,16H2,1-5H3. The summed E-state index contributed by atoms with van der Waals surface area (Å²) in [7, 11) is 4.23. The second-order valence-corrected chi connectivity index (χ2v) is 5.24. The minimum absolute atomic E-state index is 0.0711. The minimum Gasteiger partial charge on any atom is -0.368 e. The molecule has 0 radical (unpaired) electrons. The fourth-order valence-corrected chi connectivity index (χ4v) is 2.48. The SMILES string of the molecule is CCN(c1ccccc1C(C)N)C(C)CN(C)C. The topological polar surface area (TPSA) is 32.5 Å². The lowest BCUT2D eigenvalue weighted by Crippen LogP contribution is -2.40. The zero-order valence-electron chi connectivity index (χ0n) is 12.4. The largest absolute Gasteiger partial charge is 0.368 e. The monoisotopic (exact) mass is 249 g/mol. The number of hydrogen-bond acceptors (Lipinski definition) is 3. The summed E-state index contributed by atoms with van der Waals surface area (Å²) in [5.41, 5.74) is 8.57. The van der Waals surface area contributed by atoms with Crippen molar-refractivity contribution in [2.24, 2.45) is 5.73 Å². The molecule has 2 atom stereocenters. The van der Waals surface area contributed by atoms with Crippen LogP contribution in [0, 0.1) is 0 Å². The first-order chi connectivity index (χ1) is 8.47. The molecule has 0 aliphatic rings. The summed E-state index contributed by atoms with van der Waals surface area (Å²) in [6.07, 6.45) is 0. The van der Waals surface area contributed by atoms with Crippen molar-refractivity contribution in [2.75, 3.05) is 32.1 Å². The molecule has 2 unspecified atom stereocenters. The average molecular weight is 249 g/mol. The number of likely N-dealkylation sites (N-methyl/N-ethyl adjacent to an activating group) is 2. The minimum atomic E-state index is 0.0711. The van der Waals surface area contributed by atoms with Gasteiger partial charge in [-0.05, 0) is 46.5 Å². The molecule has 1 aromatic carbocycles. The highest BCUT2D eigenvalue weighted by molar-refractivity contribution is 5.55. The summed E-state index contributed by atoms with van der Waals surface area (Å²) in [4.78, 5) is 4.65. The fourth-order valence-electron chi connectivity index (χ4n) is 2.48. The molecule has 0 aromatic heterocycles. The van der Waals surface area contributed by atoms with E-state index in [0.717, 1.165) is 13.1 Å². The molecule has 0 saturated heterocycles. The second-order valence-electron chi connectivity index (χ2n) is 5.24. The van der Waals surface area contributed by atoms with Crippen LogP contribution >= 0.6 is 0 Å². The predicted molar refractivity (Wildman–Crippen MR) is 80.1 cm³/mol. The van der Waals surface area contributed by atoms with Crippen LogP contribution in [0.1, 0.15) is 32.4 Å². The molecular weight excluding hydrogens is 222 g/mol. The van der Waals surface area contributed by atoms with E-state index in [0.29, 0.717) is 6.04 Å². The molecule has 0 amide bonds. The Labute approximate surface area is 112 Å². The Morgan fingerprint density at radius 1 is 1.17 bits per heavy atom. The number of hydrogen-bond donors (Lipinski definition) is 1. The van der Waals surface area contributed by atoms with Crippen LogP contribution < -0.4 is 10.6 Å². The number of nitrogens with zero attached hydrogens (tertiary/aromatic N) is 2. The summed E-state index contributed by atoms with van der Waals surface area (Å²) < 4.78 is 0. The van der Waals surface area contributed by atoms with Crippen molar-refractivity contribution in [3.8, 4) is 0 Å². The molecule has 0 heterocycles. The maximum Gasteiger partial charge on any atom is 0.0417 e. The third kappa shape index (κ3) is 3.72. The number of rotatable bonds is 6. The highest BCUT2D eigenvalue weighted by Crippen LogP contribution is 2.26. The summed E-state index contributed by atoms with van der Waals surface area (Å²) in [6, 6.07) is 9.00. The lowest BCUT2D eigenvalue weighted by Gasteiger charge is -2.34. The van der Waals surface area contributed by atoms with Crippen molar-refractivity contribution in [3.63, 3.8) is 0 Å². The Hall–Kier alpha value is -1.06. The molecule has 102 valence electrons. The van der Waals surface area contributed by atoms with Crippen molar-refractivity contribution in [3.05, 3.63) is 29.8 Å². The molecule has 0 saturated carbocycles. The van der Waals surface area contributed by atoms with Gasteiger partial charge in [0.25, 0.3) is 0 Å². The number of benzene rings is 1. The molecule has 0 aliphatic heterocycles.